The number of hydrogen-bond donors (Lipinski definition) is 1. The average Bonchev–Trinajstić information content (AvgIpc) is 3.04. The first-order valence-corrected chi connectivity index (χ1v) is 9.31. The molecule has 3 aromatic rings. The number of nitro groups is 1. The highest BCUT2D eigenvalue weighted by molar-refractivity contribution is 7.99. The number of nitrogens with one attached hydrogen (secondary N) is 1. The van der Waals surface area contributed by atoms with Crippen LogP contribution in [0, 0.1) is 10.1 Å². The highest BCUT2D eigenvalue weighted by Gasteiger charge is 2.10. The van der Waals surface area contributed by atoms with Crippen LogP contribution < -0.4 is 10.4 Å². The van der Waals surface area contributed by atoms with Gasteiger partial charge in [0.2, 0.25) is 0 Å². The van der Waals surface area contributed by atoms with Gasteiger partial charge in [-0.3, -0.25) is 14.7 Å². The van der Waals surface area contributed by atoms with E-state index in [0.29, 0.717) is 29.8 Å². The molecule has 0 saturated carbocycles. The molecular formula is C18H18N4O4S. The number of thioether (sulfide) groups is 1. The molecule has 140 valence electrons. The largest absolute Gasteiger partial charge is 0.492 e. The summed E-state index contributed by atoms with van der Waals surface area (Å²) in [6.07, 6.45) is 0.734. The van der Waals surface area contributed by atoms with Crippen LogP contribution in [0.15, 0.2) is 64.5 Å². The molecule has 8 nitrogen and oxygen atoms in total. The summed E-state index contributed by atoms with van der Waals surface area (Å²) < 4.78 is 7.15. The molecule has 0 unspecified atom stereocenters. The van der Waals surface area contributed by atoms with Crippen LogP contribution >= 0.6 is 11.8 Å². The second-order valence-corrected chi connectivity index (χ2v) is 6.71. The zero-order chi connectivity index (χ0) is 19.1. The highest BCUT2D eigenvalue weighted by atomic mass is 32.2. The van der Waals surface area contributed by atoms with Crippen molar-refractivity contribution in [1.29, 1.82) is 0 Å². The van der Waals surface area contributed by atoms with Gasteiger partial charge in [-0.2, -0.15) is 0 Å². The maximum atomic E-state index is 12.0. The Morgan fingerprint density at radius 2 is 2.00 bits per heavy atom. The third-order valence-electron chi connectivity index (χ3n) is 3.80. The lowest BCUT2D eigenvalue weighted by atomic mass is 10.1. The fourth-order valence-corrected chi connectivity index (χ4v) is 3.26. The lowest BCUT2D eigenvalue weighted by Crippen LogP contribution is -2.19. The number of rotatable bonds is 9. The molecule has 0 aliphatic carbocycles. The number of aryl methyl sites for hydroxylation is 1. The number of ether oxygens (including phenoxy) is 1. The average molecular weight is 386 g/mol. The molecule has 0 bridgehead atoms. The number of aromatic nitrogens is 3. The van der Waals surface area contributed by atoms with E-state index in [0.717, 1.165) is 12.0 Å². The van der Waals surface area contributed by atoms with Gasteiger partial charge in [-0.1, -0.05) is 48.2 Å². The van der Waals surface area contributed by atoms with Gasteiger partial charge in [0.25, 0.3) is 5.69 Å². The summed E-state index contributed by atoms with van der Waals surface area (Å²) in [5.41, 5.74) is 0.894. The van der Waals surface area contributed by atoms with Crippen LogP contribution in [0.5, 0.6) is 5.75 Å². The van der Waals surface area contributed by atoms with Crippen molar-refractivity contribution < 1.29 is 9.66 Å². The third-order valence-corrected chi connectivity index (χ3v) is 4.74. The summed E-state index contributed by atoms with van der Waals surface area (Å²) in [6.45, 7) is 0.874. The Morgan fingerprint density at radius 1 is 1.19 bits per heavy atom. The van der Waals surface area contributed by atoms with E-state index in [1.807, 2.05) is 30.3 Å². The van der Waals surface area contributed by atoms with Gasteiger partial charge in [0.15, 0.2) is 5.16 Å². The molecule has 1 N–H and O–H groups in total. The van der Waals surface area contributed by atoms with Crippen LogP contribution in [0.1, 0.15) is 5.56 Å². The molecule has 0 amide bonds. The van der Waals surface area contributed by atoms with Crippen molar-refractivity contribution in [2.45, 2.75) is 18.1 Å². The lowest BCUT2D eigenvalue weighted by Gasteiger charge is -2.07. The monoisotopic (exact) mass is 386 g/mol. The first-order chi connectivity index (χ1) is 13.1. The summed E-state index contributed by atoms with van der Waals surface area (Å²) in [5.74, 6) is 0.992. The quantitative estimate of drug-likeness (QED) is 0.262. The maximum Gasteiger partial charge on any atom is 0.343 e. The molecule has 0 atom stereocenters. The molecule has 0 aliphatic heterocycles. The van der Waals surface area contributed by atoms with Crippen LogP contribution in [0.4, 0.5) is 5.69 Å². The molecule has 27 heavy (non-hydrogen) atoms. The van der Waals surface area contributed by atoms with Crippen LogP contribution in [-0.2, 0) is 13.0 Å². The first kappa shape index (κ1) is 18.7. The van der Waals surface area contributed by atoms with Gasteiger partial charge in [0, 0.05) is 18.4 Å². The molecular weight excluding hydrogens is 368 g/mol. The van der Waals surface area contributed by atoms with Crippen LogP contribution in [0.3, 0.4) is 0 Å². The Labute approximate surface area is 159 Å². The number of H-pyrrole nitrogens is 1. The number of hydrogen-bond acceptors (Lipinski definition) is 6. The standard InChI is InChI=1S/C18H18N4O4S/c23-17-19-20-18(21(17)10-9-14-5-2-1-3-6-14)27-12-11-26-16-8-4-7-15(13-16)22(24)25/h1-8,13H,9-12H2,(H,19,23). The van der Waals surface area contributed by atoms with Crippen molar-refractivity contribution in [3.05, 3.63) is 80.8 Å². The predicted octanol–water partition coefficient (Wildman–Crippen LogP) is 2.89. The summed E-state index contributed by atoms with van der Waals surface area (Å²) in [4.78, 5) is 22.3. The van der Waals surface area contributed by atoms with Crippen molar-refractivity contribution in [1.82, 2.24) is 14.8 Å². The minimum atomic E-state index is -0.462. The lowest BCUT2D eigenvalue weighted by molar-refractivity contribution is -0.384. The van der Waals surface area contributed by atoms with Crippen molar-refractivity contribution in [2.75, 3.05) is 12.4 Å². The molecule has 1 heterocycles. The molecule has 0 saturated heterocycles. The fourth-order valence-electron chi connectivity index (χ4n) is 2.48. The van der Waals surface area contributed by atoms with Crippen LogP contribution in [0.2, 0.25) is 0 Å². The van der Waals surface area contributed by atoms with Gasteiger partial charge >= 0.3 is 5.69 Å². The molecule has 2 aromatic carbocycles. The van der Waals surface area contributed by atoms with E-state index in [9.17, 15) is 14.9 Å². The maximum absolute atomic E-state index is 12.0. The van der Waals surface area contributed by atoms with Gasteiger partial charge in [-0.05, 0) is 18.1 Å². The minimum Gasteiger partial charge on any atom is -0.492 e. The SMILES string of the molecule is O=c1[nH]nc(SCCOc2cccc([N+](=O)[O-])c2)n1CCc1ccccc1. The molecule has 0 aliphatic rings. The van der Waals surface area contributed by atoms with E-state index in [4.69, 9.17) is 4.74 Å². The summed E-state index contributed by atoms with van der Waals surface area (Å²) >= 11 is 1.39. The van der Waals surface area contributed by atoms with Crippen molar-refractivity contribution in [3.63, 3.8) is 0 Å². The molecule has 0 radical (unpaired) electrons. The molecule has 9 heteroatoms. The molecule has 0 spiro atoms. The third kappa shape index (κ3) is 5.20. The van der Waals surface area contributed by atoms with Crippen molar-refractivity contribution in [2.24, 2.45) is 0 Å². The topological polar surface area (TPSA) is 103 Å². The Morgan fingerprint density at radius 3 is 2.78 bits per heavy atom. The van der Waals surface area contributed by atoms with Crippen LogP contribution in [0.25, 0.3) is 0 Å². The number of non-ortho nitro benzene ring substituents is 1. The number of aromatic amines is 1. The fraction of sp³-hybridized carbons (Fsp3) is 0.222. The normalized spacial score (nSPS) is 10.7. The van der Waals surface area contributed by atoms with E-state index in [-0.39, 0.29) is 11.4 Å². The minimum absolute atomic E-state index is 0.0118. The van der Waals surface area contributed by atoms with Crippen molar-refractivity contribution >= 4 is 17.4 Å². The molecule has 0 fully saturated rings. The van der Waals surface area contributed by atoms with Gasteiger partial charge in [0.1, 0.15) is 5.75 Å². The number of nitro benzene ring substituents is 1. The number of benzene rings is 2. The van der Waals surface area contributed by atoms with E-state index >= 15 is 0 Å². The Hall–Kier alpha value is -3.07. The molecule has 1 aromatic heterocycles. The zero-order valence-corrected chi connectivity index (χ0v) is 15.2. The molecule has 3 rings (SSSR count). The Bertz CT molecular complexity index is 955. The van der Waals surface area contributed by atoms with E-state index in [2.05, 4.69) is 10.2 Å². The second-order valence-electron chi connectivity index (χ2n) is 5.65. The smallest absolute Gasteiger partial charge is 0.343 e. The summed E-state index contributed by atoms with van der Waals surface area (Å²) in [6, 6.07) is 16.0. The van der Waals surface area contributed by atoms with Crippen LogP contribution in [-0.4, -0.2) is 32.0 Å². The van der Waals surface area contributed by atoms with Gasteiger partial charge in [-0.25, -0.2) is 9.89 Å². The van der Waals surface area contributed by atoms with Gasteiger partial charge in [0.05, 0.1) is 17.6 Å². The highest BCUT2D eigenvalue weighted by Crippen LogP contribution is 2.20. The van der Waals surface area contributed by atoms with E-state index < -0.39 is 4.92 Å². The van der Waals surface area contributed by atoms with E-state index in [1.54, 1.807) is 16.7 Å². The van der Waals surface area contributed by atoms with Gasteiger partial charge in [-0.15, -0.1) is 5.10 Å². The predicted molar refractivity (Wildman–Crippen MR) is 102 cm³/mol. The summed E-state index contributed by atoms with van der Waals surface area (Å²) in [5, 5.41) is 17.9. The summed E-state index contributed by atoms with van der Waals surface area (Å²) in [7, 11) is 0. The van der Waals surface area contributed by atoms with E-state index in [1.165, 1.54) is 23.9 Å². The van der Waals surface area contributed by atoms with Gasteiger partial charge < -0.3 is 4.74 Å². The zero-order valence-electron chi connectivity index (χ0n) is 14.4. The first-order valence-electron chi connectivity index (χ1n) is 8.32. The van der Waals surface area contributed by atoms with Crippen molar-refractivity contribution in [3.8, 4) is 5.75 Å². The Balaban J connectivity index is 1.52. The second kappa shape index (κ2) is 9.04. The Kier molecular flexibility index (Phi) is 6.26. The number of nitrogens with zero attached hydrogens (tertiary/aromatic N) is 3.